The van der Waals surface area contributed by atoms with E-state index in [0.717, 1.165) is 0 Å². The first-order valence-electron chi connectivity index (χ1n) is 4.71. The molecule has 0 aliphatic rings. The van der Waals surface area contributed by atoms with Crippen molar-refractivity contribution in [1.82, 2.24) is 0 Å². The third-order valence-electron chi connectivity index (χ3n) is 1.42. The standard InChI is InChI=1S/C7H3Cl2N.C5H9O2/c8-6-2-1-3-7(9)5(6)4-10;1-5(2,3)7-4-6/h1-3H;1-3H3. The number of nitrogens with zero attached hydrogens (tertiary/aromatic N) is 1. The summed E-state index contributed by atoms with van der Waals surface area (Å²) in [5, 5.41) is 9.28. The molecule has 1 radical (unpaired) electrons. The van der Waals surface area contributed by atoms with Crippen LogP contribution in [0.25, 0.3) is 0 Å². The molecule has 5 heteroatoms. The molecule has 1 aromatic rings. The van der Waals surface area contributed by atoms with Crippen LogP contribution >= 0.6 is 23.2 Å². The molecular formula is C12H12Cl2NO2. The fraction of sp³-hybridized carbons (Fsp3) is 0.333. The Hall–Kier alpha value is -1.24. The summed E-state index contributed by atoms with van der Waals surface area (Å²) in [5.41, 5.74) is -0.0345. The van der Waals surface area contributed by atoms with Crippen LogP contribution in [0.1, 0.15) is 26.3 Å². The van der Waals surface area contributed by atoms with Crippen LogP contribution in [0.15, 0.2) is 18.2 Å². The summed E-state index contributed by atoms with van der Waals surface area (Å²) in [6.07, 6.45) is 0. The number of hydrogen-bond donors (Lipinski definition) is 0. The van der Waals surface area contributed by atoms with E-state index < -0.39 is 0 Å². The SMILES string of the molecule is CC(C)(C)O[C]=O.N#Cc1c(Cl)cccc1Cl. The molecule has 0 atom stereocenters. The van der Waals surface area contributed by atoms with Gasteiger partial charge in [-0.1, -0.05) is 29.3 Å². The van der Waals surface area contributed by atoms with E-state index in [0.29, 0.717) is 15.6 Å². The molecule has 0 heterocycles. The molecule has 0 bridgehead atoms. The molecule has 0 aliphatic heterocycles. The molecule has 0 fully saturated rings. The largest absolute Gasteiger partial charge is 0.452 e. The van der Waals surface area contributed by atoms with Gasteiger partial charge in [-0.3, -0.25) is 0 Å². The third kappa shape index (κ3) is 6.83. The lowest BCUT2D eigenvalue weighted by molar-refractivity contribution is 0.109. The summed E-state index contributed by atoms with van der Waals surface area (Å²) in [6, 6.07) is 6.86. The van der Waals surface area contributed by atoms with Gasteiger partial charge < -0.3 is 4.74 Å². The Kier molecular flexibility index (Phi) is 6.64. The highest BCUT2D eigenvalue weighted by Gasteiger charge is 2.08. The number of benzene rings is 1. The van der Waals surface area contributed by atoms with Gasteiger partial charge in [-0.05, 0) is 32.9 Å². The predicted molar refractivity (Wildman–Crippen MR) is 67.7 cm³/mol. The first-order chi connectivity index (χ1) is 7.81. The second-order valence-electron chi connectivity index (χ2n) is 4.01. The Morgan fingerprint density at radius 1 is 1.24 bits per heavy atom. The van der Waals surface area contributed by atoms with Crippen LogP contribution in [0.3, 0.4) is 0 Å². The highest BCUT2D eigenvalue weighted by molar-refractivity contribution is 6.36. The van der Waals surface area contributed by atoms with Crippen LogP contribution in [0.4, 0.5) is 0 Å². The molecule has 0 saturated heterocycles. The Morgan fingerprint density at radius 3 is 1.88 bits per heavy atom. The molecule has 1 rings (SSSR count). The Balaban J connectivity index is 0.000000325. The molecule has 1 aromatic carbocycles. The third-order valence-corrected chi connectivity index (χ3v) is 2.05. The van der Waals surface area contributed by atoms with Gasteiger partial charge in [-0.2, -0.15) is 5.26 Å². The normalized spacial score (nSPS) is 9.65. The lowest BCUT2D eigenvalue weighted by Crippen LogP contribution is -2.17. The molecule has 17 heavy (non-hydrogen) atoms. The molecule has 3 nitrogen and oxygen atoms in total. The Morgan fingerprint density at radius 2 is 1.71 bits per heavy atom. The molecule has 0 N–H and O–H groups in total. The van der Waals surface area contributed by atoms with Crippen molar-refractivity contribution in [2.24, 2.45) is 0 Å². The van der Waals surface area contributed by atoms with Gasteiger partial charge in [-0.25, -0.2) is 4.79 Å². The summed E-state index contributed by atoms with van der Waals surface area (Å²) in [6.45, 7) is 6.73. The zero-order valence-electron chi connectivity index (χ0n) is 9.75. The lowest BCUT2D eigenvalue weighted by atomic mass is 10.2. The van der Waals surface area contributed by atoms with Crippen molar-refractivity contribution >= 4 is 29.7 Å². The van der Waals surface area contributed by atoms with Gasteiger partial charge in [0.1, 0.15) is 11.7 Å². The Labute approximate surface area is 111 Å². The van der Waals surface area contributed by atoms with Crippen molar-refractivity contribution in [3.05, 3.63) is 33.8 Å². The topological polar surface area (TPSA) is 50.1 Å². The number of hydrogen-bond acceptors (Lipinski definition) is 3. The first kappa shape index (κ1) is 15.8. The zero-order valence-corrected chi connectivity index (χ0v) is 11.3. The Bertz CT molecular complexity index is 399. The van der Waals surface area contributed by atoms with Gasteiger partial charge in [0, 0.05) is 0 Å². The van der Waals surface area contributed by atoms with E-state index in [9.17, 15) is 4.79 Å². The summed E-state index contributed by atoms with van der Waals surface area (Å²) >= 11 is 11.2. The minimum absolute atomic E-state index is 0.339. The number of halogens is 2. The minimum atomic E-state index is -0.373. The van der Waals surface area contributed by atoms with Gasteiger partial charge >= 0.3 is 6.47 Å². The summed E-state index contributed by atoms with van der Waals surface area (Å²) < 4.78 is 4.42. The maximum atomic E-state index is 9.47. The van der Waals surface area contributed by atoms with E-state index in [1.54, 1.807) is 39.0 Å². The first-order valence-corrected chi connectivity index (χ1v) is 5.46. The zero-order chi connectivity index (χ0) is 13.5. The van der Waals surface area contributed by atoms with E-state index in [4.69, 9.17) is 28.5 Å². The number of ether oxygens (including phenoxy) is 1. The molecule has 0 amide bonds. The molecule has 0 aliphatic carbocycles. The highest BCUT2D eigenvalue weighted by Crippen LogP contribution is 2.22. The predicted octanol–water partition coefficient (Wildman–Crippen LogP) is 3.73. The number of nitriles is 1. The van der Waals surface area contributed by atoms with Crippen LogP contribution in [0, 0.1) is 11.3 Å². The van der Waals surface area contributed by atoms with Crippen LogP contribution in [0.5, 0.6) is 0 Å². The minimum Gasteiger partial charge on any atom is -0.452 e. The smallest absolute Gasteiger partial charge is 0.418 e. The number of carbonyl (C=O) groups excluding carboxylic acids is 1. The molecule has 91 valence electrons. The van der Waals surface area contributed by atoms with Crippen LogP contribution < -0.4 is 0 Å². The summed E-state index contributed by atoms with van der Waals surface area (Å²) in [4.78, 5) is 9.47. The molecule has 0 saturated carbocycles. The van der Waals surface area contributed by atoms with E-state index in [2.05, 4.69) is 4.74 Å². The average molecular weight is 273 g/mol. The van der Waals surface area contributed by atoms with Gasteiger partial charge in [-0.15, -0.1) is 0 Å². The average Bonchev–Trinajstić information content (AvgIpc) is 2.17. The fourth-order valence-corrected chi connectivity index (χ4v) is 1.21. The van der Waals surface area contributed by atoms with E-state index in [-0.39, 0.29) is 5.60 Å². The molecule has 0 aromatic heterocycles. The van der Waals surface area contributed by atoms with Crippen molar-refractivity contribution in [3.63, 3.8) is 0 Å². The van der Waals surface area contributed by atoms with Crippen LogP contribution in [0.2, 0.25) is 10.0 Å². The maximum absolute atomic E-state index is 9.47. The van der Waals surface area contributed by atoms with Gasteiger partial charge in [0.05, 0.1) is 15.6 Å². The van der Waals surface area contributed by atoms with Crippen molar-refractivity contribution < 1.29 is 9.53 Å². The quantitative estimate of drug-likeness (QED) is 0.783. The van der Waals surface area contributed by atoms with Crippen LogP contribution in [-0.4, -0.2) is 12.1 Å². The van der Waals surface area contributed by atoms with Crippen LogP contribution in [-0.2, 0) is 9.53 Å². The van der Waals surface area contributed by atoms with Gasteiger partial charge in [0.25, 0.3) is 0 Å². The van der Waals surface area contributed by atoms with Crippen molar-refractivity contribution in [2.75, 3.05) is 0 Å². The van der Waals surface area contributed by atoms with Crippen molar-refractivity contribution in [1.29, 1.82) is 5.26 Å². The maximum Gasteiger partial charge on any atom is 0.418 e. The van der Waals surface area contributed by atoms with Gasteiger partial charge in [0.15, 0.2) is 0 Å². The van der Waals surface area contributed by atoms with E-state index >= 15 is 0 Å². The summed E-state index contributed by atoms with van der Waals surface area (Å²) in [7, 11) is 0. The second kappa shape index (κ2) is 7.16. The monoisotopic (exact) mass is 272 g/mol. The second-order valence-corrected chi connectivity index (χ2v) is 4.82. The molecule has 0 spiro atoms. The van der Waals surface area contributed by atoms with Crippen molar-refractivity contribution in [2.45, 2.75) is 26.4 Å². The summed E-state index contributed by atoms with van der Waals surface area (Å²) in [5.74, 6) is 0. The fourth-order valence-electron chi connectivity index (χ4n) is 0.730. The van der Waals surface area contributed by atoms with Crippen molar-refractivity contribution in [3.8, 4) is 6.07 Å². The molecule has 0 unspecified atom stereocenters. The van der Waals surface area contributed by atoms with E-state index in [1.807, 2.05) is 6.07 Å². The van der Waals surface area contributed by atoms with Gasteiger partial charge in [0.2, 0.25) is 0 Å². The highest BCUT2D eigenvalue weighted by atomic mass is 35.5. The molecular weight excluding hydrogens is 261 g/mol. The lowest BCUT2D eigenvalue weighted by Gasteiger charge is -2.13. The van der Waals surface area contributed by atoms with E-state index in [1.165, 1.54) is 6.47 Å². The number of rotatable bonds is 1.